The molecule has 1 aromatic heterocycles. The highest BCUT2D eigenvalue weighted by Gasteiger charge is 2.40. The summed E-state index contributed by atoms with van der Waals surface area (Å²) in [6.07, 6.45) is -4.54. The molecule has 0 saturated carbocycles. The molecule has 0 aliphatic carbocycles. The minimum atomic E-state index is -4.54. The fourth-order valence-corrected chi connectivity index (χ4v) is 7.70. The first-order chi connectivity index (χ1) is 25.7. The van der Waals surface area contributed by atoms with Gasteiger partial charge in [0.25, 0.3) is 11.8 Å². The molecule has 0 saturated heterocycles. The SMILES string of the molecule is Cc1ccccc1-c1ccc2c(c1)c1cc(-c3ccccc3C(F)(F)F)ccc1n2-c1cccc2c1C(=O)N(c1ccccc1-c1ccccc1)C2=O. The number of benzene rings is 7. The van der Waals surface area contributed by atoms with E-state index in [0.717, 1.165) is 44.8 Å². The summed E-state index contributed by atoms with van der Waals surface area (Å²) >= 11 is 0. The molecule has 1 aliphatic heterocycles. The molecule has 0 unspecified atom stereocenters. The van der Waals surface area contributed by atoms with Crippen LogP contribution in [0.1, 0.15) is 31.8 Å². The molecule has 0 spiro atoms. The molecule has 2 amide bonds. The van der Waals surface area contributed by atoms with Crippen molar-refractivity contribution in [3.63, 3.8) is 0 Å². The zero-order chi connectivity index (χ0) is 36.4. The molecule has 8 aromatic rings. The van der Waals surface area contributed by atoms with Gasteiger partial charge in [-0.15, -0.1) is 0 Å². The van der Waals surface area contributed by atoms with Crippen LogP contribution in [-0.4, -0.2) is 16.4 Å². The maximum absolute atomic E-state index is 14.6. The Kier molecular flexibility index (Phi) is 7.41. The highest BCUT2D eigenvalue weighted by molar-refractivity contribution is 6.36. The van der Waals surface area contributed by atoms with Crippen molar-refractivity contribution in [3.8, 4) is 39.1 Å². The lowest BCUT2D eigenvalue weighted by Crippen LogP contribution is -2.30. The first-order valence-corrected chi connectivity index (χ1v) is 17.2. The van der Waals surface area contributed by atoms with Crippen LogP contribution >= 0.6 is 0 Å². The van der Waals surface area contributed by atoms with Crippen molar-refractivity contribution in [2.45, 2.75) is 13.1 Å². The van der Waals surface area contributed by atoms with E-state index in [2.05, 4.69) is 6.07 Å². The van der Waals surface area contributed by atoms with Gasteiger partial charge in [-0.05, 0) is 88.8 Å². The Morgan fingerprint density at radius 1 is 0.472 bits per heavy atom. The number of halogens is 3. The van der Waals surface area contributed by atoms with E-state index >= 15 is 0 Å². The molecule has 7 heteroatoms. The number of amides is 2. The number of aromatic nitrogens is 1. The molecule has 53 heavy (non-hydrogen) atoms. The summed E-state index contributed by atoms with van der Waals surface area (Å²) in [5.41, 5.74) is 7.40. The molecule has 0 radical (unpaired) electrons. The first kappa shape index (κ1) is 32.2. The Balaban J connectivity index is 1.28. The van der Waals surface area contributed by atoms with E-state index in [4.69, 9.17) is 0 Å². The number of carbonyl (C=O) groups excluding carboxylic acids is 2. The Morgan fingerprint density at radius 2 is 1.02 bits per heavy atom. The minimum absolute atomic E-state index is 0.0759. The third-order valence-corrected chi connectivity index (χ3v) is 10.1. The zero-order valence-corrected chi connectivity index (χ0v) is 28.4. The summed E-state index contributed by atoms with van der Waals surface area (Å²) in [4.78, 5) is 30.0. The maximum atomic E-state index is 14.6. The number of hydrogen-bond acceptors (Lipinski definition) is 2. The van der Waals surface area contributed by atoms with Crippen LogP contribution in [0.4, 0.5) is 18.9 Å². The highest BCUT2D eigenvalue weighted by Crippen LogP contribution is 2.43. The average Bonchev–Trinajstić information content (AvgIpc) is 3.64. The topological polar surface area (TPSA) is 42.3 Å². The van der Waals surface area contributed by atoms with Crippen LogP contribution in [0.3, 0.4) is 0 Å². The molecule has 0 fully saturated rings. The normalized spacial score (nSPS) is 12.9. The van der Waals surface area contributed by atoms with E-state index < -0.39 is 23.6 Å². The van der Waals surface area contributed by atoms with Crippen LogP contribution < -0.4 is 4.90 Å². The van der Waals surface area contributed by atoms with E-state index in [1.54, 1.807) is 48.5 Å². The van der Waals surface area contributed by atoms with Gasteiger partial charge in [0.15, 0.2) is 0 Å². The summed E-state index contributed by atoms with van der Waals surface area (Å²) in [7, 11) is 0. The number of aryl methyl sites for hydroxylation is 1. The second-order valence-corrected chi connectivity index (χ2v) is 13.2. The quantitative estimate of drug-likeness (QED) is 0.168. The second-order valence-electron chi connectivity index (χ2n) is 13.2. The van der Waals surface area contributed by atoms with Crippen LogP contribution in [0, 0.1) is 6.92 Å². The highest BCUT2D eigenvalue weighted by atomic mass is 19.4. The second kappa shape index (κ2) is 12.2. The molecule has 7 aromatic carbocycles. The molecular formula is C46H29F3N2O2. The monoisotopic (exact) mass is 698 g/mol. The van der Waals surface area contributed by atoms with Gasteiger partial charge in [-0.3, -0.25) is 9.59 Å². The van der Waals surface area contributed by atoms with E-state index in [1.807, 2.05) is 96.4 Å². The molecule has 0 atom stereocenters. The van der Waals surface area contributed by atoms with E-state index in [0.29, 0.717) is 27.8 Å². The van der Waals surface area contributed by atoms with Gasteiger partial charge in [-0.1, -0.05) is 109 Å². The number of rotatable bonds is 5. The molecule has 9 rings (SSSR count). The largest absolute Gasteiger partial charge is 0.417 e. The number of hydrogen-bond donors (Lipinski definition) is 0. The Hall–Kier alpha value is -6.73. The molecule has 0 N–H and O–H groups in total. The van der Waals surface area contributed by atoms with Crippen molar-refractivity contribution in [3.05, 3.63) is 180 Å². The first-order valence-electron chi connectivity index (χ1n) is 17.2. The Morgan fingerprint density at radius 3 is 1.70 bits per heavy atom. The van der Waals surface area contributed by atoms with Crippen LogP contribution in [0.25, 0.3) is 60.9 Å². The summed E-state index contributed by atoms with van der Waals surface area (Å²) in [6.45, 7) is 2.03. The van der Waals surface area contributed by atoms with E-state index in [1.165, 1.54) is 17.0 Å². The molecule has 1 aliphatic rings. The smallest absolute Gasteiger partial charge is 0.308 e. The number of para-hydroxylation sites is 1. The van der Waals surface area contributed by atoms with Gasteiger partial charge in [0.05, 0.1) is 39.1 Å². The Bertz CT molecular complexity index is 2780. The predicted molar refractivity (Wildman–Crippen MR) is 204 cm³/mol. The van der Waals surface area contributed by atoms with E-state index in [-0.39, 0.29) is 16.7 Å². The van der Waals surface area contributed by atoms with Gasteiger partial charge in [0.1, 0.15) is 0 Å². The fourth-order valence-electron chi connectivity index (χ4n) is 7.70. The summed E-state index contributed by atoms with van der Waals surface area (Å²) in [6, 6.07) is 47.1. The third-order valence-electron chi connectivity index (χ3n) is 10.1. The van der Waals surface area contributed by atoms with Gasteiger partial charge in [-0.2, -0.15) is 13.2 Å². The lowest BCUT2D eigenvalue weighted by atomic mass is 9.96. The zero-order valence-electron chi connectivity index (χ0n) is 28.4. The van der Waals surface area contributed by atoms with Crippen molar-refractivity contribution >= 4 is 39.3 Å². The standard InChI is InChI=1S/C46H29F3N2O2/c1-28-12-5-6-15-32(28)30-22-24-40-36(26-30)37-27-31(33-16-7-9-19-38(33)46(47,48)49)23-25-41(37)50(40)42-21-11-18-35-43(42)45(53)51(44(35)52)39-20-10-8-17-34(39)29-13-3-2-4-14-29/h2-27H,1H3. The van der Waals surface area contributed by atoms with Crippen molar-refractivity contribution in [2.24, 2.45) is 0 Å². The number of alkyl halides is 3. The summed E-state index contributed by atoms with van der Waals surface area (Å²) in [5.74, 6) is -0.880. The average molecular weight is 699 g/mol. The maximum Gasteiger partial charge on any atom is 0.417 e. The van der Waals surface area contributed by atoms with Gasteiger partial charge in [0.2, 0.25) is 0 Å². The van der Waals surface area contributed by atoms with Crippen LogP contribution in [0.5, 0.6) is 0 Å². The van der Waals surface area contributed by atoms with Crippen molar-refractivity contribution in [2.75, 3.05) is 4.90 Å². The summed E-state index contributed by atoms with van der Waals surface area (Å²) < 4.78 is 44.6. The number of nitrogens with zero attached hydrogens (tertiary/aromatic N) is 2. The fraction of sp³-hybridized carbons (Fsp3) is 0.0435. The van der Waals surface area contributed by atoms with Crippen LogP contribution in [0.15, 0.2) is 158 Å². The molecular weight excluding hydrogens is 670 g/mol. The van der Waals surface area contributed by atoms with Gasteiger partial charge in [0, 0.05) is 16.3 Å². The predicted octanol–water partition coefficient (Wildman–Crippen LogP) is 11.9. The number of anilines is 1. The van der Waals surface area contributed by atoms with Gasteiger partial charge >= 0.3 is 6.18 Å². The Labute approximate surface area is 303 Å². The molecule has 4 nitrogen and oxygen atoms in total. The summed E-state index contributed by atoms with van der Waals surface area (Å²) in [5, 5.41) is 1.51. The third kappa shape index (κ3) is 5.15. The van der Waals surface area contributed by atoms with Gasteiger partial charge < -0.3 is 4.57 Å². The lowest BCUT2D eigenvalue weighted by molar-refractivity contribution is -0.137. The number of imide groups is 1. The molecule has 0 bridgehead atoms. The lowest BCUT2D eigenvalue weighted by Gasteiger charge is -2.18. The number of carbonyl (C=O) groups is 2. The van der Waals surface area contributed by atoms with Crippen molar-refractivity contribution < 1.29 is 22.8 Å². The molecule has 2 heterocycles. The number of fused-ring (bicyclic) bond motifs is 4. The molecule has 256 valence electrons. The van der Waals surface area contributed by atoms with Crippen LogP contribution in [-0.2, 0) is 6.18 Å². The van der Waals surface area contributed by atoms with Gasteiger partial charge in [-0.25, -0.2) is 4.90 Å². The van der Waals surface area contributed by atoms with Crippen molar-refractivity contribution in [1.29, 1.82) is 0 Å². The minimum Gasteiger partial charge on any atom is -0.308 e. The van der Waals surface area contributed by atoms with E-state index in [9.17, 15) is 22.8 Å². The van der Waals surface area contributed by atoms with Crippen molar-refractivity contribution in [1.82, 2.24) is 4.57 Å². The van der Waals surface area contributed by atoms with Crippen LogP contribution in [0.2, 0.25) is 0 Å².